The van der Waals surface area contributed by atoms with E-state index >= 15 is 0 Å². The summed E-state index contributed by atoms with van der Waals surface area (Å²) in [5.74, 6) is -1.03. The van der Waals surface area contributed by atoms with E-state index in [1.54, 1.807) is 18.2 Å². The zero-order chi connectivity index (χ0) is 18.0. The van der Waals surface area contributed by atoms with Crippen molar-refractivity contribution in [3.8, 4) is 0 Å². The van der Waals surface area contributed by atoms with E-state index < -0.39 is 5.97 Å². The molecule has 0 radical (unpaired) electrons. The molecule has 2 aromatic rings. The van der Waals surface area contributed by atoms with Crippen LogP contribution in [0.15, 0.2) is 18.2 Å². The molecular formula is C17H14Cl2N2O3S. The van der Waals surface area contributed by atoms with Crippen LogP contribution in [-0.2, 0) is 11.2 Å². The van der Waals surface area contributed by atoms with Crippen LogP contribution in [0.3, 0.4) is 0 Å². The Balaban J connectivity index is 2.06. The maximum Gasteiger partial charge on any atom is 0.344 e. The molecule has 1 saturated heterocycles. The molecule has 3 rings (SSSR count). The van der Waals surface area contributed by atoms with Crippen molar-refractivity contribution in [1.82, 2.24) is 0 Å². The molecule has 25 heavy (non-hydrogen) atoms. The first-order valence-electron chi connectivity index (χ1n) is 7.54. The van der Waals surface area contributed by atoms with Crippen LogP contribution in [-0.4, -0.2) is 37.4 Å². The number of hydrogen-bond acceptors (Lipinski definition) is 4. The molecule has 2 heterocycles. The number of nitrogens with zero attached hydrogens (tertiary/aromatic N) is 2. The number of hydrogen-bond donors (Lipinski definition) is 1. The van der Waals surface area contributed by atoms with Crippen molar-refractivity contribution in [3.63, 3.8) is 0 Å². The van der Waals surface area contributed by atoms with Crippen molar-refractivity contribution in [3.05, 3.63) is 55.7 Å². The molecule has 130 valence electrons. The summed E-state index contributed by atoms with van der Waals surface area (Å²) < 4.78 is 5.34. The minimum atomic E-state index is -1.03. The fourth-order valence-corrected chi connectivity index (χ4v) is 4.36. The SMILES string of the molecule is [C-]#[N+]c1c(N2CCOCC2)sc(C(=O)O)c1Cc1ccc(Cl)cc1Cl. The van der Waals surface area contributed by atoms with E-state index in [0.29, 0.717) is 52.6 Å². The summed E-state index contributed by atoms with van der Waals surface area (Å²) in [6.45, 7) is 9.99. The van der Waals surface area contributed by atoms with Gasteiger partial charge in [0.25, 0.3) is 0 Å². The summed E-state index contributed by atoms with van der Waals surface area (Å²) in [6, 6.07) is 5.08. The van der Waals surface area contributed by atoms with Crippen LogP contribution < -0.4 is 4.90 Å². The van der Waals surface area contributed by atoms with Gasteiger partial charge in [-0.15, -0.1) is 11.3 Å². The van der Waals surface area contributed by atoms with E-state index in [1.807, 2.05) is 4.90 Å². The lowest BCUT2D eigenvalue weighted by Crippen LogP contribution is -2.35. The fraction of sp³-hybridized carbons (Fsp3) is 0.294. The normalized spacial score (nSPS) is 14.4. The number of rotatable bonds is 4. The van der Waals surface area contributed by atoms with Gasteiger partial charge in [-0.3, -0.25) is 0 Å². The molecule has 1 aromatic heterocycles. The highest BCUT2D eigenvalue weighted by atomic mass is 35.5. The largest absolute Gasteiger partial charge is 0.477 e. The van der Waals surface area contributed by atoms with Crippen LogP contribution in [0.2, 0.25) is 10.0 Å². The third kappa shape index (κ3) is 3.75. The second-order valence-electron chi connectivity index (χ2n) is 5.49. The molecule has 1 N–H and O–H groups in total. The Hall–Kier alpha value is -1.78. The number of anilines is 1. The molecule has 0 saturated carbocycles. The number of morpholine rings is 1. The Kier molecular flexibility index (Phi) is 5.50. The lowest BCUT2D eigenvalue weighted by Gasteiger charge is -2.28. The lowest BCUT2D eigenvalue weighted by molar-refractivity contribution is 0.0701. The number of carbonyl (C=O) groups is 1. The molecule has 0 bridgehead atoms. The maximum absolute atomic E-state index is 11.7. The monoisotopic (exact) mass is 396 g/mol. The van der Waals surface area contributed by atoms with E-state index in [1.165, 1.54) is 0 Å². The number of halogens is 2. The van der Waals surface area contributed by atoms with Crippen molar-refractivity contribution in [1.29, 1.82) is 0 Å². The number of thiophene rings is 1. The molecule has 1 aromatic carbocycles. The van der Waals surface area contributed by atoms with Crippen LogP contribution in [0.1, 0.15) is 20.8 Å². The standard InChI is InChI=1S/C17H14Cl2N2O3S/c1-20-14-12(8-10-2-3-11(18)9-13(10)19)15(17(22)23)25-16(14)21-4-6-24-7-5-21/h2-3,9H,4-8H2,(H,22,23). The van der Waals surface area contributed by atoms with Crippen molar-refractivity contribution in [2.24, 2.45) is 0 Å². The average molecular weight is 397 g/mol. The molecule has 8 heteroatoms. The van der Waals surface area contributed by atoms with Gasteiger partial charge in [-0.2, -0.15) is 0 Å². The number of carboxylic acid groups (broad SMARTS) is 1. The second-order valence-corrected chi connectivity index (χ2v) is 7.34. The fourth-order valence-electron chi connectivity index (χ4n) is 2.73. The van der Waals surface area contributed by atoms with Crippen LogP contribution >= 0.6 is 34.5 Å². The number of aromatic carboxylic acids is 1. The molecule has 0 unspecified atom stereocenters. The molecular weight excluding hydrogens is 383 g/mol. The molecule has 1 fully saturated rings. The van der Waals surface area contributed by atoms with Crippen LogP contribution in [0.4, 0.5) is 10.7 Å². The zero-order valence-corrected chi connectivity index (χ0v) is 15.4. The Morgan fingerprint density at radius 1 is 1.36 bits per heavy atom. The van der Waals surface area contributed by atoms with Gasteiger partial charge in [-0.1, -0.05) is 29.3 Å². The summed E-state index contributed by atoms with van der Waals surface area (Å²) in [5, 5.41) is 11.3. The number of carboxylic acids is 1. The van der Waals surface area contributed by atoms with Crippen LogP contribution in [0.5, 0.6) is 0 Å². The van der Waals surface area contributed by atoms with E-state index in [9.17, 15) is 9.90 Å². The number of ether oxygens (including phenoxy) is 1. The first kappa shape index (κ1) is 18.0. The lowest BCUT2D eigenvalue weighted by atomic mass is 10.0. The second kappa shape index (κ2) is 7.63. The van der Waals surface area contributed by atoms with E-state index in [2.05, 4.69) is 4.85 Å². The minimum absolute atomic E-state index is 0.179. The van der Waals surface area contributed by atoms with Crippen molar-refractivity contribution >= 4 is 51.2 Å². The van der Waals surface area contributed by atoms with Gasteiger partial charge in [0.1, 0.15) is 4.88 Å². The maximum atomic E-state index is 11.7. The first-order chi connectivity index (χ1) is 12.0. The molecule has 1 aliphatic heterocycles. The zero-order valence-electron chi connectivity index (χ0n) is 13.1. The van der Waals surface area contributed by atoms with Gasteiger partial charge in [-0.25, -0.2) is 9.64 Å². The quantitative estimate of drug-likeness (QED) is 0.758. The Bertz CT molecular complexity index is 854. The summed E-state index contributed by atoms with van der Waals surface area (Å²) >= 11 is 13.3. The van der Waals surface area contributed by atoms with Crippen LogP contribution in [0, 0.1) is 6.57 Å². The first-order valence-corrected chi connectivity index (χ1v) is 9.11. The van der Waals surface area contributed by atoms with E-state index in [0.717, 1.165) is 16.9 Å². The molecule has 0 atom stereocenters. The Morgan fingerprint density at radius 2 is 2.08 bits per heavy atom. The molecule has 0 spiro atoms. The van der Waals surface area contributed by atoms with Gasteiger partial charge in [0.15, 0.2) is 0 Å². The van der Waals surface area contributed by atoms with Crippen molar-refractivity contribution in [2.75, 3.05) is 31.2 Å². The highest BCUT2D eigenvalue weighted by Gasteiger charge is 2.27. The topological polar surface area (TPSA) is 54.1 Å². The Morgan fingerprint density at radius 3 is 2.68 bits per heavy atom. The predicted octanol–water partition coefficient (Wildman–Crippen LogP) is 4.73. The number of benzene rings is 1. The van der Waals surface area contributed by atoms with Crippen molar-refractivity contribution in [2.45, 2.75) is 6.42 Å². The molecule has 0 amide bonds. The summed E-state index contributed by atoms with van der Waals surface area (Å²) in [6.07, 6.45) is 0.274. The van der Waals surface area contributed by atoms with Gasteiger partial charge in [-0.05, 0) is 29.7 Å². The van der Waals surface area contributed by atoms with Crippen LogP contribution in [0.25, 0.3) is 4.85 Å². The predicted molar refractivity (Wildman–Crippen MR) is 99.8 cm³/mol. The molecule has 0 aliphatic carbocycles. The van der Waals surface area contributed by atoms with Crippen molar-refractivity contribution < 1.29 is 14.6 Å². The summed E-state index contributed by atoms with van der Waals surface area (Å²) in [4.78, 5) is 17.6. The summed E-state index contributed by atoms with van der Waals surface area (Å²) in [7, 11) is 0. The highest BCUT2D eigenvalue weighted by molar-refractivity contribution is 7.18. The highest BCUT2D eigenvalue weighted by Crippen LogP contribution is 2.44. The van der Waals surface area contributed by atoms with Gasteiger partial charge in [0, 0.05) is 23.1 Å². The van der Waals surface area contributed by atoms with E-state index in [4.69, 9.17) is 34.5 Å². The molecule has 1 aliphatic rings. The van der Waals surface area contributed by atoms with Gasteiger partial charge in [0.05, 0.1) is 24.8 Å². The van der Waals surface area contributed by atoms with Gasteiger partial charge >= 0.3 is 5.97 Å². The third-order valence-corrected chi connectivity index (χ3v) is 5.80. The summed E-state index contributed by atoms with van der Waals surface area (Å²) in [5.41, 5.74) is 1.62. The Labute approximate surface area is 159 Å². The smallest absolute Gasteiger partial charge is 0.344 e. The van der Waals surface area contributed by atoms with Gasteiger partial charge < -0.3 is 14.7 Å². The molecule has 5 nitrogen and oxygen atoms in total. The average Bonchev–Trinajstić information content (AvgIpc) is 2.96. The third-order valence-electron chi connectivity index (χ3n) is 3.95. The minimum Gasteiger partial charge on any atom is -0.477 e. The van der Waals surface area contributed by atoms with Gasteiger partial charge in [0.2, 0.25) is 5.69 Å². The van der Waals surface area contributed by atoms with E-state index in [-0.39, 0.29) is 11.3 Å².